The number of nitrogens with zero attached hydrogens (tertiary/aromatic N) is 4. The summed E-state index contributed by atoms with van der Waals surface area (Å²) in [5.41, 5.74) is 4.24. The highest BCUT2D eigenvalue weighted by molar-refractivity contribution is 5.37. The first-order valence-corrected chi connectivity index (χ1v) is 7.27. The van der Waals surface area contributed by atoms with Gasteiger partial charge in [-0.1, -0.05) is 12.1 Å². The molecule has 0 aliphatic rings. The average molecular weight is 293 g/mol. The lowest BCUT2D eigenvalue weighted by Crippen LogP contribution is -2.05. The second kappa shape index (κ2) is 5.97. The Balaban J connectivity index is 1.70. The number of hydrogen-bond acceptors (Lipinski definition) is 4. The Morgan fingerprint density at radius 2 is 1.68 bits per heavy atom. The Bertz CT molecular complexity index is 754. The SMILES string of the molecule is Cc1cc(C)nc(NCc2ccc(-n3ccnc3C)cc2)n1. The van der Waals surface area contributed by atoms with Crippen LogP contribution >= 0.6 is 0 Å². The minimum absolute atomic E-state index is 0.673. The van der Waals surface area contributed by atoms with Gasteiger partial charge in [0.05, 0.1) is 0 Å². The standard InChI is InChI=1S/C17H19N5/c1-12-10-13(2)21-17(20-12)19-11-15-4-6-16(7-5-15)22-9-8-18-14(22)3/h4-10H,11H2,1-3H3,(H,19,20,21). The van der Waals surface area contributed by atoms with Crippen molar-refractivity contribution in [2.24, 2.45) is 0 Å². The molecular formula is C17H19N5. The molecule has 0 bridgehead atoms. The van der Waals surface area contributed by atoms with Crippen molar-refractivity contribution in [3.05, 3.63) is 65.5 Å². The summed E-state index contributed by atoms with van der Waals surface area (Å²) in [7, 11) is 0. The summed E-state index contributed by atoms with van der Waals surface area (Å²) in [6.45, 7) is 6.64. The van der Waals surface area contributed by atoms with Gasteiger partial charge in [-0.15, -0.1) is 0 Å². The lowest BCUT2D eigenvalue weighted by molar-refractivity contribution is 0.969. The third kappa shape index (κ3) is 3.14. The lowest BCUT2D eigenvalue weighted by Gasteiger charge is -2.09. The number of rotatable bonds is 4. The van der Waals surface area contributed by atoms with Gasteiger partial charge in [-0.05, 0) is 44.5 Å². The van der Waals surface area contributed by atoms with E-state index in [1.54, 1.807) is 0 Å². The van der Waals surface area contributed by atoms with Crippen molar-refractivity contribution < 1.29 is 0 Å². The van der Waals surface area contributed by atoms with Crippen LogP contribution in [0.1, 0.15) is 22.8 Å². The van der Waals surface area contributed by atoms with Crippen molar-refractivity contribution in [3.63, 3.8) is 0 Å². The van der Waals surface area contributed by atoms with Crippen LogP contribution < -0.4 is 5.32 Å². The van der Waals surface area contributed by atoms with Crippen molar-refractivity contribution in [2.75, 3.05) is 5.32 Å². The van der Waals surface area contributed by atoms with Crippen molar-refractivity contribution in [2.45, 2.75) is 27.3 Å². The molecule has 3 rings (SSSR count). The highest BCUT2D eigenvalue weighted by atomic mass is 15.1. The van der Waals surface area contributed by atoms with E-state index in [1.807, 2.05) is 39.2 Å². The molecule has 112 valence electrons. The summed E-state index contributed by atoms with van der Waals surface area (Å²) in [5, 5.41) is 3.27. The second-order valence-corrected chi connectivity index (χ2v) is 5.34. The molecule has 0 atom stereocenters. The fraction of sp³-hybridized carbons (Fsp3) is 0.235. The van der Waals surface area contributed by atoms with E-state index < -0.39 is 0 Å². The Morgan fingerprint density at radius 3 is 2.27 bits per heavy atom. The van der Waals surface area contributed by atoms with Crippen LogP contribution in [0.2, 0.25) is 0 Å². The highest BCUT2D eigenvalue weighted by Crippen LogP contribution is 2.13. The van der Waals surface area contributed by atoms with E-state index in [0.29, 0.717) is 12.5 Å². The van der Waals surface area contributed by atoms with Gasteiger partial charge in [-0.2, -0.15) is 0 Å². The first-order chi connectivity index (χ1) is 10.6. The van der Waals surface area contributed by atoms with Crippen molar-refractivity contribution in [1.29, 1.82) is 0 Å². The molecule has 5 nitrogen and oxygen atoms in total. The Kier molecular flexibility index (Phi) is 3.87. The summed E-state index contributed by atoms with van der Waals surface area (Å²) < 4.78 is 2.06. The zero-order chi connectivity index (χ0) is 15.5. The minimum atomic E-state index is 0.673. The molecule has 0 fully saturated rings. The van der Waals surface area contributed by atoms with E-state index in [4.69, 9.17) is 0 Å². The van der Waals surface area contributed by atoms with E-state index in [2.05, 4.69) is 49.1 Å². The van der Waals surface area contributed by atoms with Crippen LogP contribution in [-0.4, -0.2) is 19.5 Å². The van der Waals surface area contributed by atoms with Gasteiger partial charge in [0.15, 0.2) is 0 Å². The van der Waals surface area contributed by atoms with E-state index >= 15 is 0 Å². The molecule has 0 unspecified atom stereocenters. The maximum Gasteiger partial charge on any atom is 0.223 e. The van der Waals surface area contributed by atoms with Gasteiger partial charge in [-0.3, -0.25) is 0 Å². The number of imidazole rings is 1. The Labute approximate surface area is 130 Å². The molecule has 0 aliphatic carbocycles. The topological polar surface area (TPSA) is 55.6 Å². The molecule has 5 heteroatoms. The number of aromatic nitrogens is 4. The molecule has 0 radical (unpaired) electrons. The molecule has 2 heterocycles. The van der Waals surface area contributed by atoms with Gasteiger partial charge in [0.1, 0.15) is 5.82 Å². The molecule has 1 N–H and O–H groups in total. The normalized spacial score (nSPS) is 10.7. The summed E-state index contributed by atoms with van der Waals surface area (Å²) in [6.07, 6.45) is 3.77. The van der Waals surface area contributed by atoms with Crippen LogP contribution in [0.4, 0.5) is 5.95 Å². The third-order valence-electron chi connectivity index (χ3n) is 3.47. The van der Waals surface area contributed by atoms with Crippen molar-refractivity contribution >= 4 is 5.95 Å². The van der Waals surface area contributed by atoms with Crippen molar-refractivity contribution in [1.82, 2.24) is 19.5 Å². The first kappa shape index (κ1) is 14.3. The molecule has 0 amide bonds. The summed E-state index contributed by atoms with van der Waals surface area (Å²) in [6, 6.07) is 10.4. The van der Waals surface area contributed by atoms with Crippen LogP contribution in [0.3, 0.4) is 0 Å². The fourth-order valence-electron chi connectivity index (χ4n) is 2.41. The number of aryl methyl sites for hydroxylation is 3. The number of hydrogen-bond donors (Lipinski definition) is 1. The van der Waals surface area contributed by atoms with Crippen LogP contribution in [0.25, 0.3) is 5.69 Å². The predicted octanol–water partition coefficient (Wildman–Crippen LogP) is 3.20. The van der Waals surface area contributed by atoms with Gasteiger partial charge in [0.2, 0.25) is 5.95 Å². The van der Waals surface area contributed by atoms with Crippen LogP contribution in [0.15, 0.2) is 42.7 Å². The monoisotopic (exact) mass is 293 g/mol. The average Bonchev–Trinajstić information content (AvgIpc) is 2.91. The molecular weight excluding hydrogens is 274 g/mol. The maximum atomic E-state index is 4.38. The number of benzene rings is 1. The first-order valence-electron chi connectivity index (χ1n) is 7.27. The quantitative estimate of drug-likeness (QED) is 0.802. The van der Waals surface area contributed by atoms with Crippen molar-refractivity contribution in [3.8, 4) is 5.69 Å². The molecule has 1 aromatic carbocycles. The maximum absolute atomic E-state index is 4.38. The van der Waals surface area contributed by atoms with Gasteiger partial charge in [-0.25, -0.2) is 15.0 Å². The Hall–Kier alpha value is -2.69. The molecule has 0 aliphatic heterocycles. The minimum Gasteiger partial charge on any atom is -0.350 e. The lowest BCUT2D eigenvalue weighted by atomic mass is 10.2. The Morgan fingerprint density at radius 1 is 1.00 bits per heavy atom. The largest absolute Gasteiger partial charge is 0.350 e. The van der Waals surface area contributed by atoms with Gasteiger partial charge < -0.3 is 9.88 Å². The molecule has 2 aromatic heterocycles. The zero-order valence-corrected chi connectivity index (χ0v) is 13.0. The summed E-state index contributed by atoms with van der Waals surface area (Å²) in [4.78, 5) is 13.0. The summed E-state index contributed by atoms with van der Waals surface area (Å²) in [5.74, 6) is 1.65. The number of nitrogens with one attached hydrogen (secondary N) is 1. The van der Waals surface area contributed by atoms with Crippen LogP contribution in [-0.2, 0) is 6.54 Å². The van der Waals surface area contributed by atoms with E-state index in [0.717, 1.165) is 22.9 Å². The highest BCUT2D eigenvalue weighted by Gasteiger charge is 2.02. The van der Waals surface area contributed by atoms with Gasteiger partial charge in [0, 0.05) is 36.0 Å². The van der Waals surface area contributed by atoms with Crippen LogP contribution in [0, 0.1) is 20.8 Å². The van der Waals surface area contributed by atoms with Crippen LogP contribution in [0.5, 0.6) is 0 Å². The third-order valence-corrected chi connectivity index (χ3v) is 3.47. The second-order valence-electron chi connectivity index (χ2n) is 5.34. The molecule has 22 heavy (non-hydrogen) atoms. The predicted molar refractivity (Wildman–Crippen MR) is 87.1 cm³/mol. The molecule has 0 saturated carbocycles. The molecule has 0 saturated heterocycles. The zero-order valence-electron chi connectivity index (χ0n) is 13.0. The summed E-state index contributed by atoms with van der Waals surface area (Å²) >= 11 is 0. The van der Waals surface area contributed by atoms with E-state index in [1.165, 1.54) is 5.56 Å². The smallest absolute Gasteiger partial charge is 0.223 e. The molecule has 3 aromatic rings. The van der Waals surface area contributed by atoms with E-state index in [9.17, 15) is 0 Å². The van der Waals surface area contributed by atoms with Gasteiger partial charge >= 0.3 is 0 Å². The van der Waals surface area contributed by atoms with Gasteiger partial charge in [0.25, 0.3) is 0 Å². The fourth-order valence-corrected chi connectivity index (χ4v) is 2.41. The molecule has 0 spiro atoms. The van der Waals surface area contributed by atoms with E-state index in [-0.39, 0.29) is 0 Å². The number of anilines is 1.